The number of hydrogen-bond acceptors (Lipinski definition) is 4. The van der Waals surface area contributed by atoms with E-state index in [0.29, 0.717) is 22.9 Å². The van der Waals surface area contributed by atoms with Crippen molar-refractivity contribution in [2.75, 3.05) is 19.5 Å². The Balaban J connectivity index is 2.11. The first kappa shape index (κ1) is 18.6. The van der Waals surface area contributed by atoms with Crippen LogP contribution in [-0.4, -0.2) is 26.2 Å². The smallest absolute Gasteiger partial charge is 0.265 e. The minimum atomic E-state index is -0.696. The molecule has 0 saturated carbocycles. The van der Waals surface area contributed by atoms with Gasteiger partial charge in [-0.15, -0.1) is 0 Å². The van der Waals surface area contributed by atoms with Crippen molar-refractivity contribution in [3.05, 3.63) is 45.3 Å². The first-order valence-electron chi connectivity index (χ1n) is 7.09. The largest absolute Gasteiger partial charge is 0.497 e. The van der Waals surface area contributed by atoms with Gasteiger partial charge in [-0.25, -0.2) is 0 Å². The molecule has 0 saturated heterocycles. The number of ether oxygens (including phenoxy) is 3. The van der Waals surface area contributed by atoms with Gasteiger partial charge in [-0.2, -0.15) is 0 Å². The molecule has 2 rings (SSSR count). The molecule has 0 fully saturated rings. The van der Waals surface area contributed by atoms with Gasteiger partial charge in [0.15, 0.2) is 6.10 Å². The molecule has 0 radical (unpaired) electrons. The first-order valence-corrected chi connectivity index (χ1v) is 8.67. The van der Waals surface area contributed by atoms with Gasteiger partial charge in [0, 0.05) is 10.5 Å². The zero-order chi connectivity index (χ0) is 17.7. The second-order valence-corrected chi connectivity index (χ2v) is 6.66. The van der Waals surface area contributed by atoms with Crippen molar-refractivity contribution in [3.63, 3.8) is 0 Å². The van der Waals surface area contributed by atoms with Gasteiger partial charge < -0.3 is 19.5 Å². The fourth-order valence-corrected chi connectivity index (χ4v) is 3.10. The molecular formula is C17H17Br2NO4. The van der Waals surface area contributed by atoms with Gasteiger partial charge in [0.2, 0.25) is 0 Å². The molecule has 7 heteroatoms. The van der Waals surface area contributed by atoms with Crippen molar-refractivity contribution in [2.45, 2.75) is 13.0 Å². The summed E-state index contributed by atoms with van der Waals surface area (Å²) < 4.78 is 17.8. The van der Waals surface area contributed by atoms with Crippen LogP contribution in [0, 0.1) is 0 Å². The van der Waals surface area contributed by atoms with Crippen molar-refractivity contribution in [1.82, 2.24) is 0 Å². The molecule has 1 amide bonds. The second kappa shape index (κ2) is 8.39. The van der Waals surface area contributed by atoms with Gasteiger partial charge >= 0.3 is 0 Å². The van der Waals surface area contributed by atoms with Gasteiger partial charge in [-0.3, -0.25) is 4.79 Å². The Labute approximate surface area is 157 Å². The first-order chi connectivity index (χ1) is 11.4. The Bertz CT molecular complexity index is 737. The van der Waals surface area contributed by atoms with E-state index >= 15 is 0 Å². The molecule has 0 spiro atoms. The number of methoxy groups -OCH3 is 2. The average Bonchev–Trinajstić information content (AvgIpc) is 2.57. The molecule has 0 aliphatic heterocycles. The van der Waals surface area contributed by atoms with Gasteiger partial charge in [0.05, 0.1) is 24.4 Å². The van der Waals surface area contributed by atoms with Crippen LogP contribution in [0.15, 0.2) is 45.3 Å². The van der Waals surface area contributed by atoms with E-state index in [9.17, 15) is 4.79 Å². The number of nitrogens with one attached hydrogen (secondary N) is 1. The molecule has 5 nitrogen and oxygen atoms in total. The van der Waals surface area contributed by atoms with Crippen LogP contribution in [0.2, 0.25) is 0 Å². The molecule has 1 atom stereocenters. The lowest BCUT2D eigenvalue weighted by Gasteiger charge is -2.17. The Kier molecular flexibility index (Phi) is 6.51. The van der Waals surface area contributed by atoms with E-state index in [1.807, 2.05) is 12.1 Å². The number of benzene rings is 2. The van der Waals surface area contributed by atoms with Crippen LogP contribution >= 0.6 is 31.9 Å². The van der Waals surface area contributed by atoms with Crippen LogP contribution in [0.4, 0.5) is 5.69 Å². The van der Waals surface area contributed by atoms with Crippen LogP contribution in [0.5, 0.6) is 17.2 Å². The highest BCUT2D eigenvalue weighted by Gasteiger charge is 2.18. The molecule has 1 N–H and O–H groups in total. The summed E-state index contributed by atoms with van der Waals surface area (Å²) >= 11 is 6.78. The van der Waals surface area contributed by atoms with E-state index < -0.39 is 6.10 Å². The lowest BCUT2D eigenvalue weighted by Crippen LogP contribution is -2.30. The number of carbonyl (C=O) groups excluding carboxylic acids is 1. The Morgan fingerprint density at radius 2 is 1.75 bits per heavy atom. The summed E-state index contributed by atoms with van der Waals surface area (Å²) in [7, 11) is 3.10. The Morgan fingerprint density at radius 3 is 2.38 bits per heavy atom. The molecule has 128 valence electrons. The highest BCUT2D eigenvalue weighted by molar-refractivity contribution is 9.11. The van der Waals surface area contributed by atoms with E-state index in [2.05, 4.69) is 37.2 Å². The standard InChI is InChI=1S/C17H17Br2NO4/c1-10(24-15-6-4-11(18)8-13(15)19)17(21)20-14-9-12(22-2)5-7-16(14)23-3/h4-10H,1-3H3,(H,20,21)/t10-/m0/s1. The van der Waals surface area contributed by atoms with E-state index in [4.69, 9.17) is 14.2 Å². The monoisotopic (exact) mass is 457 g/mol. The number of halogens is 2. The van der Waals surface area contributed by atoms with Gasteiger partial charge in [-0.1, -0.05) is 15.9 Å². The number of rotatable bonds is 6. The molecule has 24 heavy (non-hydrogen) atoms. The fraction of sp³-hybridized carbons (Fsp3) is 0.235. The normalized spacial score (nSPS) is 11.5. The van der Waals surface area contributed by atoms with Crippen LogP contribution < -0.4 is 19.5 Å². The Hall–Kier alpha value is -1.73. The number of carbonyl (C=O) groups is 1. The molecule has 0 aromatic heterocycles. The number of amides is 1. The topological polar surface area (TPSA) is 56.8 Å². The molecule has 2 aromatic rings. The van der Waals surface area contributed by atoms with Crippen LogP contribution in [0.3, 0.4) is 0 Å². The minimum Gasteiger partial charge on any atom is -0.497 e. The SMILES string of the molecule is COc1ccc(OC)c(NC(=O)[C@H](C)Oc2ccc(Br)cc2Br)c1. The zero-order valence-corrected chi connectivity index (χ0v) is 16.6. The molecule has 0 bridgehead atoms. The lowest BCUT2D eigenvalue weighted by molar-refractivity contribution is -0.122. The van der Waals surface area contributed by atoms with Gasteiger partial charge in [0.25, 0.3) is 5.91 Å². The average molecular weight is 459 g/mol. The third-order valence-corrected chi connectivity index (χ3v) is 4.34. The van der Waals surface area contributed by atoms with E-state index in [1.165, 1.54) is 7.11 Å². The summed E-state index contributed by atoms with van der Waals surface area (Å²) in [5, 5.41) is 2.79. The van der Waals surface area contributed by atoms with Crippen molar-refractivity contribution in [3.8, 4) is 17.2 Å². The molecule has 0 heterocycles. The van der Waals surface area contributed by atoms with Crippen LogP contribution in [0.25, 0.3) is 0 Å². The molecule has 2 aromatic carbocycles. The summed E-state index contributed by atoms with van der Waals surface area (Å²) in [5.41, 5.74) is 0.521. The van der Waals surface area contributed by atoms with Crippen LogP contribution in [0.1, 0.15) is 6.92 Å². The highest BCUT2D eigenvalue weighted by atomic mass is 79.9. The maximum atomic E-state index is 12.4. The Morgan fingerprint density at radius 1 is 1.04 bits per heavy atom. The molecular weight excluding hydrogens is 442 g/mol. The third kappa shape index (κ3) is 4.64. The van der Waals surface area contributed by atoms with Crippen molar-refractivity contribution in [2.24, 2.45) is 0 Å². The van der Waals surface area contributed by atoms with Crippen LogP contribution in [-0.2, 0) is 4.79 Å². The molecule has 0 aliphatic carbocycles. The summed E-state index contributed by atoms with van der Waals surface area (Å²) in [5.74, 6) is 1.45. The maximum Gasteiger partial charge on any atom is 0.265 e. The summed E-state index contributed by atoms with van der Waals surface area (Å²) in [6.07, 6.45) is -0.696. The van der Waals surface area contributed by atoms with E-state index in [0.717, 1.165) is 8.95 Å². The predicted octanol–water partition coefficient (Wildman–Crippen LogP) is 4.63. The minimum absolute atomic E-state index is 0.295. The zero-order valence-electron chi connectivity index (χ0n) is 13.4. The second-order valence-electron chi connectivity index (χ2n) is 4.89. The quantitative estimate of drug-likeness (QED) is 0.685. The van der Waals surface area contributed by atoms with E-state index in [-0.39, 0.29) is 5.91 Å². The van der Waals surface area contributed by atoms with Crippen molar-refractivity contribution >= 4 is 43.5 Å². The van der Waals surface area contributed by atoms with Gasteiger partial charge in [0.1, 0.15) is 17.2 Å². The highest BCUT2D eigenvalue weighted by Crippen LogP contribution is 2.31. The fourth-order valence-electron chi connectivity index (χ4n) is 1.96. The maximum absolute atomic E-state index is 12.4. The van der Waals surface area contributed by atoms with Crippen molar-refractivity contribution in [1.29, 1.82) is 0 Å². The van der Waals surface area contributed by atoms with E-state index in [1.54, 1.807) is 38.3 Å². The summed E-state index contributed by atoms with van der Waals surface area (Å²) in [4.78, 5) is 12.4. The molecule has 0 unspecified atom stereocenters. The van der Waals surface area contributed by atoms with Gasteiger partial charge in [-0.05, 0) is 53.2 Å². The summed E-state index contributed by atoms with van der Waals surface area (Å²) in [6, 6.07) is 10.7. The number of hydrogen-bond donors (Lipinski definition) is 1. The predicted molar refractivity (Wildman–Crippen MR) is 100 cm³/mol. The van der Waals surface area contributed by atoms with Crippen molar-refractivity contribution < 1.29 is 19.0 Å². The third-order valence-electron chi connectivity index (χ3n) is 3.23. The summed E-state index contributed by atoms with van der Waals surface area (Å²) in [6.45, 7) is 1.68. The lowest BCUT2D eigenvalue weighted by atomic mass is 10.2. The number of anilines is 1. The molecule has 0 aliphatic rings.